The van der Waals surface area contributed by atoms with Crippen LogP contribution in [0.1, 0.15) is 19.8 Å². The first-order valence-electron chi connectivity index (χ1n) is 5.47. The Morgan fingerprint density at radius 1 is 1.36 bits per heavy atom. The van der Waals surface area contributed by atoms with Crippen molar-refractivity contribution in [1.29, 1.82) is 0 Å². The molecule has 80 valence electrons. The Balaban J connectivity index is 1.99. The van der Waals surface area contributed by atoms with Gasteiger partial charge in [-0.2, -0.15) is 0 Å². The lowest BCUT2D eigenvalue weighted by Crippen LogP contribution is -2.64. The van der Waals surface area contributed by atoms with Gasteiger partial charge in [0.05, 0.1) is 0 Å². The van der Waals surface area contributed by atoms with Crippen LogP contribution in [0.4, 0.5) is 4.79 Å². The molecule has 0 spiro atoms. The fourth-order valence-electron chi connectivity index (χ4n) is 2.54. The number of nitrogens with zero attached hydrogens (tertiary/aromatic N) is 2. The van der Waals surface area contributed by atoms with Crippen LogP contribution < -0.4 is 5.32 Å². The van der Waals surface area contributed by atoms with Gasteiger partial charge in [0.15, 0.2) is 0 Å². The summed E-state index contributed by atoms with van der Waals surface area (Å²) in [6.45, 7) is 4.64. The van der Waals surface area contributed by atoms with Crippen LogP contribution in [0.2, 0.25) is 0 Å². The van der Waals surface area contributed by atoms with Gasteiger partial charge in [-0.05, 0) is 26.8 Å². The van der Waals surface area contributed by atoms with E-state index < -0.39 is 0 Å². The highest BCUT2D eigenvalue weighted by molar-refractivity contribution is 5.74. The van der Waals surface area contributed by atoms with Crippen molar-refractivity contribution in [3.63, 3.8) is 0 Å². The number of fused-ring (bicyclic) bond motifs is 3. The maximum Gasteiger partial charge on any atom is 0.317 e. The Hall–Kier alpha value is -0.770. The molecule has 14 heavy (non-hydrogen) atoms. The summed E-state index contributed by atoms with van der Waals surface area (Å²) in [4.78, 5) is 16.1. The smallest absolute Gasteiger partial charge is 0.317 e. The SMILES string of the molecule is CCNC(=O)N1CC2CCC1CN2C. The number of piperazine rings is 1. The second kappa shape index (κ2) is 3.77. The lowest BCUT2D eigenvalue weighted by Gasteiger charge is -2.50. The number of likely N-dealkylation sites (N-methyl/N-ethyl adjacent to an activating group) is 1. The van der Waals surface area contributed by atoms with Crippen LogP contribution in [0, 0.1) is 0 Å². The number of piperidine rings is 2. The first-order chi connectivity index (χ1) is 6.72. The number of hydrogen-bond acceptors (Lipinski definition) is 2. The van der Waals surface area contributed by atoms with Gasteiger partial charge >= 0.3 is 6.03 Å². The molecule has 2 amide bonds. The minimum Gasteiger partial charge on any atom is -0.338 e. The molecule has 1 N–H and O–H groups in total. The number of amides is 2. The zero-order chi connectivity index (χ0) is 10.1. The number of urea groups is 1. The van der Waals surface area contributed by atoms with Crippen LogP contribution >= 0.6 is 0 Å². The third-order valence-corrected chi connectivity index (χ3v) is 3.39. The molecule has 3 aliphatic heterocycles. The van der Waals surface area contributed by atoms with E-state index in [1.54, 1.807) is 0 Å². The molecule has 0 aromatic carbocycles. The fraction of sp³-hybridized carbons (Fsp3) is 0.900. The van der Waals surface area contributed by atoms with Crippen molar-refractivity contribution in [3.05, 3.63) is 0 Å². The van der Waals surface area contributed by atoms with Gasteiger partial charge in [-0.1, -0.05) is 0 Å². The Kier molecular flexibility index (Phi) is 2.63. The lowest BCUT2D eigenvalue weighted by molar-refractivity contribution is 0.0175. The molecule has 0 aromatic rings. The summed E-state index contributed by atoms with van der Waals surface area (Å²) in [6, 6.07) is 1.15. The monoisotopic (exact) mass is 197 g/mol. The maximum atomic E-state index is 11.7. The third kappa shape index (κ3) is 1.59. The summed E-state index contributed by atoms with van der Waals surface area (Å²) >= 11 is 0. The molecule has 0 aromatic heterocycles. The molecule has 0 radical (unpaired) electrons. The molecule has 2 atom stereocenters. The van der Waals surface area contributed by atoms with E-state index >= 15 is 0 Å². The van der Waals surface area contributed by atoms with Crippen LogP contribution in [0.5, 0.6) is 0 Å². The first-order valence-corrected chi connectivity index (χ1v) is 5.47. The summed E-state index contributed by atoms with van der Waals surface area (Å²) in [5.74, 6) is 0. The highest BCUT2D eigenvalue weighted by Crippen LogP contribution is 2.27. The van der Waals surface area contributed by atoms with Crippen molar-refractivity contribution in [1.82, 2.24) is 15.1 Å². The molecule has 3 fully saturated rings. The molecule has 2 bridgehead atoms. The Labute approximate surface area is 85.2 Å². The highest BCUT2D eigenvalue weighted by Gasteiger charge is 2.39. The van der Waals surface area contributed by atoms with E-state index in [9.17, 15) is 4.79 Å². The molecule has 3 rings (SSSR count). The van der Waals surface area contributed by atoms with E-state index in [-0.39, 0.29) is 6.03 Å². The second-order valence-electron chi connectivity index (χ2n) is 4.31. The van der Waals surface area contributed by atoms with Crippen LogP contribution in [-0.4, -0.2) is 54.6 Å². The molecule has 3 saturated heterocycles. The Morgan fingerprint density at radius 3 is 2.57 bits per heavy atom. The van der Waals surface area contributed by atoms with E-state index in [1.165, 1.54) is 12.8 Å². The molecule has 4 nitrogen and oxygen atoms in total. The van der Waals surface area contributed by atoms with Gasteiger partial charge in [-0.3, -0.25) is 4.90 Å². The predicted octanol–water partition coefficient (Wildman–Crippen LogP) is 0.494. The fourth-order valence-corrected chi connectivity index (χ4v) is 2.54. The van der Waals surface area contributed by atoms with Crippen molar-refractivity contribution in [3.8, 4) is 0 Å². The van der Waals surface area contributed by atoms with E-state index in [0.717, 1.165) is 19.6 Å². The quantitative estimate of drug-likeness (QED) is 0.664. The van der Waals surface area contributed by atoms with Gasteiger partial charge in [0.25, 0.3) is 0 Å². The minimum absolute atomic E-state index is 0.121. The summed E-state index contributed by atoms with van der Waals surface area (Å²) in [7, 11) is 2.16. The summed E-state index contributed by atoms with van der Waals surface area (Å²) in [6.07, 6.45) is 2.42. The van der Waals surface area contributed by atoms with Crippen molar-refractivity contribution in [2.24, 2.45) is 0 Å². The number of hydrogen-bond donors (Lipinski definition) is 1. The molecule has 3 aliphatic rings. The third-order valence-electron chi connectivity index (χ3n) is 3.39. The maximum absolute atomic E-state index is 11.7. The van der Waals surface area contributed by atoms with Crippen LogP contribution in [-0.2, 0) is 0 Å². The molecule has 0 aliphatic carbocycles. The first kappa shape index (κ1) is 9.77. The van der Waals surface area contributed by atoms with Gasteiger partial charge in [0, 0.05) is 31.7 Å². The Bertz CT molecular complexity index is 231. The molecule has 4 heteroatoms. The van der Waals surface area contributed by atoms with Crippen molar-refractivity contribution < 1.29 is 4.79 Å². The predicted molar refractivity (Wildman–Crippen MR) is 55.2 cm³/mol. The van der Waals surface area contributed by atoms with Gasteiger partial charge in [-0.25, -0.2) is 4.79 Å². The average Bonchev–Trinajstić information content (AvgIpc) is 2.18. The summed E-state index contributed by atoms with van der Waals surface area (Å²) in [5.41, 5.74) is 0. The number of carbonyl (C=O) groups is 1. The number of carbonyl (C=O) groups excluding carboxylic acids is 1. The summed E-state index contributed by atoms with van der Waals surface area (Å²) < 4.78 is 0. The van der Waals surface area contributed by atoms with Crippen LogP contribution in [0.15, 0.2) is 0 Å². The van der Waals surface area contributed by atoms with Crippen LogP contribution in [0.3, 0.4) is 0 Å². The Morgan fingerprint density at radius 2 is 2.07 bits per heavy atom. The zero-order valence-electron chi connectivity index (χ0n) is 8.99. The van der Waals surface area contributed by atoms with Gasteiger partial charge in [0.1, 0.15) is 0 Å². The normalized spacial score (nSPS) is 32.0. The van der Waals surface area contributed by atoms with Gasteiger partial charge in [-0.15, -0.1) is 0 Å². The molecule has 3 heterocycles. The topological polar surface area (TPSA) is 35.6 Å². The molecule has 0 saturated carbocycles. The van der Waals surface area contributed by atoms with E-state index in [1.807, 2.05) is 11.8 Å². The molecular formula is C10H19N3O. The van der Waals surface area contributed by atoms with E-state index in [2.05, 4.69) is 17.3 Å². The van der Waals surface area contributed by atoms with Crippen molar-refractivity contribution in [2.45, 2.75) is 31.8 Å². The minimum atomic E-state index is 0.121. The molecule has 2 unspecified atom stereocenters. The number of rotatable bonds is 1. The standard InChI is InChI=1S/C10H19N3O/c1-3-11-10(14)13-7-8-4-5-9(13)6-12(8)2/h8-9H,3-7H2,1-2H3,(H,11,14). The van der Waals surface area contributed by atoms with E-state index in [4.69, 9.17) is 0 Å². The molecular weight excluding hydrogens is 178 g/mol. The van der Waals surface area contributed by atoms with Crippen molar-refractivity contribution >= 4 is 6.03 Å². The lowest BCUT2D eigenvalue weighted by atomic mass is 9.92. The largest absolute Gasteiger partial charge is 0.338 e. The second-order valence-corrected chi connectivity index (χ2v) is 4.31. The zero-order valence-corrected chi connectivity index (χ0v) is 8.99. The van der Waals surface area contributed by atoms with Crippen molar-refractivity contribution in [2.75, 3.05) is 26.7 Å². The average molecular weight is 197 g/mol. The van der Waals surface area contributed by atoms with E-state index in [0.29, 0.717) is 12.1 Å². The number of nitrogens with one attached hydrogen (secondary N) is 1. The summed E-state index contributed by atoms with van der Waals surface area (Å²) in [5, 5.41) is 2.88. The van der Waals surface area contributed by atoms with Gasteiger partial charge < -0.3 is 10.2 Å². The van der Waals surface area contributed by atoms with Gasteiger partial charge in [0.2, 0.25) is 0 Å². The van der Waals surface area contributed by atoms with Crippen LogP contribution in [0.25, 0.3) is 0 Å². The highest BCUT2D eigenvalue weighted by atomic mass is 16.2.